The summed E-state index contributed by atoms with van der Waals surface area (Å²) in [5, 5.41) is 6.73. The average molecular weight is 305 g/mol. The van der Waals surface area contributed by atoms with Crippen molar-refractivity contribution >= 4 is 28.3 Å². The number of urea groups is 1. The fourth-order valence-corrected chi connectivity index (χ4v) is 2.74. The van der Waals surface area contributed by atoms with Crippen molar-refractivity contribution in [1.29, 1.82) is 0 Å². The SMILES string of the molecule is Cc1cc(C)cc(NC(=O)Nc2cc(C)nc3ccccc23)c1. The lowest BCUT2D eigenvalue weighted by molar-refractivity contribution is 0.262. The fourth-order valence-electron chi connectivity index (χ4n) is 2.74. The lowest BCUT2D eigenvalue weighted by Crippen LogP contribution is -2.20. The minimum atomic E-state index is -0.259. The molecule has 0 aliphatic heterocycles. The van der Waals surface area contributed by atoms with E-state index in [0.29, 0.717) is 0 Å². The molecule has 4 nitrogen and oxygen atoms in total. The number of nitrogens with zero attached hydrogens (tertiary/aromatic N) is 1. The van der Waals surface area contributed by atoms with Gasteiger partial charge in [0.2, 0.25) is 0 Å². The van der Waals surface area contributed by atoms with Gasteiger partial charge in [-0.15, -0.1) is 0 Å². The number of anilines is 2. The number of aromatic nitrogens is 1. The molecule has 2 N–H and O–H groups in total. The number of pyridine rings is 1. The number of hydrogen-bond acceptors (Lipinski definition) is 2. The molecule has 4 heteroatoms. The molecule has 1 heterocycles. The first-order chi connectivity index (χ1) is 11.0. The van der Waals surface area contributed by atoms with Crippen LogP contribution in [0.4, 0.5) is 16.2 Å². The van der Waals surface area contributed by atoms with Gasteiger partial charge in [0.1, 0.15) is 0 Å². The predicted octanol–water partition coefficient (Wildman–Crippen LogP) is 4.80. The lowest BCUT2D eigenvalue weighted by Gasteiger charge is -2.12. The minimum Gasteiger partial charge on any atom is -0.308 e. The Bertz CT molecular complexity index is 867. The monoisotopic (exact) mass is 305 g/mol. The zero-order chi connectivity index (χ0) is 16.4. The van der Waals surface area contributed by atoms with Gasteiger partial charge in [0, 0.05) is 16.8 Å². The van der Waals surface area contributed by atoms with E-state index in [9.17, 15) is 4.79 Å². The van der Waals surface area contributed by atoms with Crippen molar-refractivity contribution in [2.45, 2.75) is 20.8 Å². The number of hydrogen-bond donors (Lipinski definition) is 2. The van der Waals surface area contributed by atoms with E-state index in [1.807, 2.05) is 63.2 Å². The molecule has 1 aromatic heterocycles. The molecule has 0 saturated heterocycles. The van der Waals surface area contributed by atoms with Crippen molar-refractivity contribution in [3.8, 4) is 0 Å². The van der Waals surface area contributed by atoms with Crippen molar-refractivity contribution < 1.29 is 4.79 Å². The van der Waals surface area contributed by atoms with Crippen LogP contribution < -0.4 is 10.6 Å². The van der Waals surface area contributed by atoms with E-state index in [2.05, 4.69) is 21.7 Å². The topological polar surface area (TPSA) is 54.0 Å². The first-order valence-electron chi connectivity index (χ1n) is 7.54. The maximum atomic E-state index is 12.3. The molecule has 0 aliphatic rings. The number of carbonyl (C=O) groups excluding carboxylic acids is 1. The summed E-state index contributed by atoms with van der Waals surface area (Å²) in [5.74, 6) is 0. The molecule has 0 atom stereocenters. The molecule has 116 valence electrons. The zero-order valence-electron chi connectivity index (χ0n) is 13.5. The third-order valence-corrected chi connectivity index (χ3v) is 3.57. The van der Waals surface area contributed by atoms with E-state index in [1.165, 1.54) is 0 Å². The number of rotatable bonds is 2. The first-order valence-corrected chi connectivity index (χ1v) is 7.54. The molecule has 0 radical (unpaired) electrons. The number of carbonyl (C=O) groups is 1. The van der Waals surface area contributed by atoms with Crippen molar-refractivity contribution in [2.75, 3.05) is 10.6 Å². The molecule has 0 bridgehead atoms. The number of amides is 2. The summed E-state index contributed by atoms with van der Waals surface area (Å²) in [6.07, 6.45) is 0. The van der Waals surface area contributed by atoms with E-state index in [1.54, 1.807) is 0 Å². The predicted molar refractivity (Wildman–Crippen MR) is 95.0 cm³/mol. The van der Waals surface area contributed by atoms with Gasteiger partial charge in [-0.3, -0.25) is 4.98 Å². The van der Waals surface area contributed by atoms with Crippen LogP contribution in [0.25, 0.3) is 10.9 Å². The van der Waals surface area contributed by atoms with E-state index in [-0.39, 0.29) is 6.03 Å². The van der Waals surface area contributed by atoms with Crippen molar-refractivity contribution in [1.82, 2.24) is 4.98 Å². The summed E-state index contributed by atoms with van der Waals surface area (Å²) in [6.45, 7) is 5.94. The third kappa shape index (κ3) is 3.48. The van der Waals surface area contributed by atoms with Gasteiger partial charge in [-0.05, 0) is 56.2 Å². The quantitative estimate of drug-likeness (QED) is 0.714. The fraction of sp³-hybridized carbons (Fsp3) is 0.158. The van der Waals surface area contributed by atoms with Crippen molar-refractivity contribution in [2.24, 2.45) is 0 Å². The Balaban J connectivity index is 1.85. The molecular formula is C19H19N3O. The maximum absolute atomic E-state index is 12.3. The van der Waals surface area contributed by atoms with Crippen LogP contribution in [0.1, 0.15) is 16.8 Å². The van der Waals surface area contributed by atoms with Gasteiger partial charge >= 0.3 is 6.03 Å². The van der Waals surface area contributed by atoms with Crippen LogP contribution in [0.5, 0.6) is 0 Å². The van der Waals surface area contributed by atoms with Crippen molar-refractivity contribution in [3.63, 3.8) is 0 Å². The van der Waals surface area contributed by atoms with Gasteiger partial charge < -0.3 is 10.6 Å². The summed E-state index contributed by atoms with van der Waals surface area (Å²) in [7, 11) is 0. The van der Waals surface area contributed by atoms with Gasteiger partial charge in [-0.2, -0.15) is 0 Å². The van der Waals surface area contributed by atoms with Crippen LogP contribution in [0.2, 0.25) is 0 Å². The second-order valence-corrected chi connectivity index (χ2v) is 5.78. The molecule has 0 spiro atoms. The second-order valence-electron chi connectivity index (χ2n) is 5.78. The van der Waals surface area contributed by atoms with Crippen LogP contribution in [-0.4, -0.2) is 11.0 Å². The Morgan fingerprint density at radius 2 is 1.61 bits per heavy atom. The van der Waals surface area contributed by atoms with Crippen LogP contribution in [-0.2, 0) is 0 Å². The Labute approximate surface area is 135 Å². The number of benzene rings is 2. The van der Waals surface area contributed by atoms with Crippen molar-refractivity contribution in [3.05, 3.63) is 65.4 Å². The number of aryl methyl sites for hydroxylation is 3. The zero-order valence-corrected chi connectivity index (χ0v) is 13.5. The van der Waals surface area contributed by atoms with Crippen LogP contribution in [0, 0.1) is 20.8 Å². The highest BCUT2D eigenvalue weighted by molar-refractivity contribution is 6.05. The normalized spacial score (nSPS) is 10.6. The maximum Gasteiger partial charge on any atom is 0.323 e. The minimum absolute atomic E-state index is 0.259. The number of para-hydroxylation sites is 1. The van der Waals surface area contributed by atoms with Crippen LogP contribution in [0.3, 0.4) is 0 Å². The molecule has 0 fully saturated rings. The Kier molecular flexibility index (Phi) is 3.98. The molecular weight excluding hydrogens is 286 g/mol. The van der Waals surface area contributed by atoms with E-state index in [4.69, 9.17) is 0 Å². The van der Waals surface area contributed by atoms with Gasteiger partial charge in [0.25, 0.3) is 0 Å². The van der Waals surface area contributed by atoms with E-state index in [0.717, 1.165) is 39.1 Å². The second kappa shape index (κ2) is 6.08. The summed E-state index contributed by atoms with van der Waals surface area (Å²) < 4.78 is 0. The van der Waals surface area contributed by atoms with E-state index < -0.39 is 0 Å². The summed E-state index contributed by atoms with van der Waals surface area (Å²) >= 11 is 0. The van der Waals surface area contributed by atoms with Gasteiger partial charge in [-0.1, -0.05) is 24.3 Å². The highest BCUT2D eigenvalue weighted by atomic mass is 16.2. The first kappa shape index (κ1) is 15.0. The molecule has 0 saturated carbocycles. The van der Waals surface area contributed by atoms with Crippen LogP contribution in [0.15, 0.2) is 48.5 Å². The van der Waals surface area contributed by atoms with Gasteiger partial charge in [-0.25, -0.2) is 4.79 Å². The smallest absolute Gasteiger partial charge is 0.308 e. The Morgan fingerprint density at radius 1 is 0.913 bits per heavy atom. The molecule has 3 aromatic rings. The molecule has 0 unspecified atom stereocenters. The average Bonchev–Trinajstić information content (AvgIpc) is 2.45. The third-order valence-electron chi connectivity index (χ3n) is 3.57. The molecule has 2 amide bonds. The summed E-state index contributed by atoms with van der Waals surface area (Å²) in [6, 6.07) is 15.4. The molecule has 2 aromatic carbocycles. The molecule has 0 aliphatic carbocycles. The van der Waals surface area contributed by atoms with E-state index >= 15 is 0 Å². The highest BCUT2D eigenvalue weighted by Crippen LogP contribution is 2.23. The number of nitrogens with one attached hydrogen (secondary N) is 2. The Morgan fingerprint density at radius 3 is 2.35 bits per heavy atom. The standard InChI is InChI=1S/C19H19N3O/c1-12-8-13(2)10-15(9-12)21-19(23)22-18-11-14(3)20-17-7-5-4-6-16(17)18/h4-11H,1-3H3,(H2,20,21,22,23). The largest absolute Gasteiger partial charge is 0.323 e. The summed E-state index contributed by atoms with van der Waals surface area (Å²) in [5.41, 5.74) is 5.51. The number of fused-ring (bicyclic) bond motifs is 1. The Hall–Kier alpha value is -2.88. The summed E-state index contributed by atoms with van der Waals surface area (Å²) in [4.78, 5) is 16.8. The van der Waals surface area contributed by atoms with Gasteiger partial charge in [0.15, 0.2) is 0 Å². The van der Waals surface area contributed by atoms with Crippen LogP contribution >= 0.6 is 0 Å². The highest BCUT2D eigenvalue weighted by Gasteiger charge is 2.08. The van der Waals surface area contributed by atoms with Gasteiger partial charge in [0.05, 0.1) is 11.2 Å². The lowest BCUT2D eigenvalue weighted by atomic mass is 10.1. The molecule has 3 rings (SSSR count). The molecule has 23 heavy (non-hydrogen) atoms.